The van der Waals surface area contributed by atoms with Gasteiger partial charge >= 0.3 is 0 Å². The highest BCUT2D eigenvalue weighted by atomic mass is 127. The van der Waals surface area contributed by atoms with Crippen LogP contribution in [0.1, 0.15) is 11.1 Å². The number of carbonyl (C=O) groups excluding carboxylic acids is 1. The normalized spacial score (nSPS) is 10.7. The fraction of sp³-hybridized carbons (Fsp3) is 0.222. The van der Waals surface area contributed by atoms with Crippen molar-refractivity contribution in [2.75, 3.05) is 13.7 Å². The van der Waals surface area contributed by atoms with Crippen molar-refractivity contribution >= 4 is 35.8 Å². The zero-order chi connectivity index (χ0) is 18.9. The Morgan fingerprint density at radius 1 is 1.15 bits per heavy atom. The van der Waals surface area contributed by atoms with E-state index in [0.717, 1.165) is 23.8 Å². The number of aliphatic imine (C=N–C) groups is 1. The Kier molecular flexibility index (Phi) is 9.48. The predicted molar refractivity (Wildman–Crippen MR) is 110 cm³/mol. The van der Waals surface area contributed by atoms with Gasteiger partial charge in [0, 0.05) is 25.7 Å². The van der Waals surface area contributed by atoms with E-state index in [2.05, 4.69) is 15.6 Å². The van der Waals surface area contributed by atoms with Gasteiger partial charge in [0.1, 0.15) is 17.4 Å². The van der Waals surface area contributed by atoms with Gasteiger partial charge in [0.15, 0.2) is 12.6 Å². The first-order valence-electron chi connectivity index (χ1n) is 7.86. The third-order valence-corrected chi connectivity index (χ3v) is 3.42. The molecule has 0 aliphatic rings. The molecule has 146 valence electrons. The van der Waals surface area contributed by atoms with Gasteiger partial charge in [-0.1, -0.05) is 12.1 Å². The summed E-state index contributed by atoms with van der Waals surface area (Å²) in [5.74, 6) is -0.597. The molecular formula is C18H21F2IN4O2. The molecule has 0 fully saturated rings. The average Bonchev–Trinajstić information content (AvgIpc) is 2.63. The summed E-state index contributed by atoms with van der Waals surface area (Å²) in [5.41, 5.74) is 6.13. The van der Waals surface area contributed by atoms with E-state index in [0.29, 0.717) is 18.3 Å². The summed E-state index contributed by atoms with van der Waals surface area (Å²) in [6.07, 6.45) is 0. The van der Waals surface area contributed by atoms with Gasteiger partial charge in [0.05, 0.1) is 0 Å². The molecule has 0 aliphatic heterocycles. The molecule has 2 rings (SSSR count). The zero-order valence-electron chi connectivity index (χ0n) is 14.7. The molecule has 2 aromatic rings. The molecule has 0 unspecified atom stereocenters. The Bertz CT molecular complexity index is 803. The highest BCUT2D eigenvalue weighted by Gasteiger charge is 2.06. The monoisotopic (exact) mass is 490 g/mol. The van der Waals surface area contributed by atoms with Gasteiger partial charge < -0.3 is 21.1 Å². The molecule has 0 spiro atoms. The molecule has 6 nitrogen and oxygen atoms in total. The van der Waals surface area contributed by atoms with Crippen LogP contribution in [-0.4, -0.2) is 25.5 Å². The smallest absolute Gasteiger partial charge is 0.255 e. The number of benzene rings is 2. The van der Waals surface area contributed by atoms with Gasteiger partial charge in [-0.25, -0.2) is 8.78 Å². The van der Waals surface area contributed by atoms with Crippen LogP contribution in [0.25, 0.3) is 0 Å². The summed E-state index contributed by atoms with van der Waals surface area (Å²) in [5, 5.41) is 5.98. The fourth-order valence-corrected chi connectivity index (χ4v) is 2.16. The van der Waals surface area contributed by atoms with E-state index >= 15 is 0 Å². The molecule has 0 saturated heterocycles. The number of rotatable bonds is 7. The van der Waals surface area contributed by atoms with Crippen LogP contribution in [0.4, 0.5) is 8.78 Å². The molecule has 0 radical (unpaired) electrons. The molecule has 0 aromatic heterocycles. The lowest BCUT2D eigenvalue weighted by Crippen LogP contribution is -2.36. The number of nitrogens with zero attached hydrogens (tertiary/aromatic N) is 1. The maximum atomic E-state index is 13.6. The van der Waals surface area contributed by atoms with Gasteiger partial charge in [-0.05, 0) is 35.9 Å². The lowest BCUT2D eigenvalue weighted by molar-refractivity contribution is -0.119. The van der Waals surface area contributed by atoms with Gasteiger partial charge in [0.2, 0.25) is 0 Å². The van der Waals surface area contributed by atoms with E-state index in [1.54, 1.807) is 25.2 Å². The van der Waals surface area contributed by atoms with Crippen LogP contribution < -0.4 is 21.1 Å². The SMILES string of the molecule is CN=C(NCc1cccc(OCC(N)=O)c1)NCc1cc(F)ccc1F.I. The van der Waals surface area contributed by atoms with Gasteiger partial charge in [-0.15, -0.1) is 24.0 Å². The summed E-state index contributed by atoms with van der Waals surface area (Å²) >= 11 is 0. The van der Waals surface area contributed by atoms with Crippen molar-refractivity contribution in [1.29, 1.82) is 0 Å². The largest absolute Gasteiger partial charge is 0.484 e. The van der Waals surface area contributed by atoms with E-state index in [4.69, 9.17) is 10.5 Å². The van der Waals surface area contributed by atoms with E-state index in [1.165, 1.54) is 0 Å². The van der Waals surface area contributed by atoms with Crippen LogP contribution in [0.5, 0.6) is 5.75 Å². The minimum absolute atomic E-state index is 0. The second-order valence-electron chi connectivity index (χ2n) is 5.42. The van der Waals surface area contributed by atoms with Crippen LogP contribution in [0.15, 0.2) is 47.5 Å². The Morgan fingerprint density at radius 3 is 2.59 bits per heavy atom. The molecule has 27 heavy (non-hydrogen) atoms. The number of amides is 1. The van der Waals surface area contributed by atoms with Gasteiger partial charge in [-0.3, -0.25) is 9.79 Å². The third-order valence-electron chi connectivity index (χ3n) is 3.42. The molecule has 2 aromatic carbocycles. The molecule has 9 heteroatoms. The summed E-state index contributed by atoms with van der Waals surface area (Å²) in [7, 11) is 1.57. The first-order chi connectivity index (χ1) is 12.5. The van der Waals surface area contributed by atoms with Crippen LogP contribution >= 0.6 is 24.0 Å². The number of halogens is 3. The summed E-state index contributed by atoms with van der Waals surface area (Å²) in [6, 6.07) is 10.4. The van der Waals surface area contributed by atoms with Crippen LogP contribution in [0.2, 0.25) is 0 Å². The van der Waals surface area contributed by atoms with Crippen molar-refractivity contribution < 1.29 is 18.3 Å². The van der Waals surface area contributed by atoms with Crippen molar-refractivity contribution in [2.24, 2.45) is 10.7 Å². The number of hydrogen-bond donors (Lipinski definition) is 3. The Morgan fingerprint density at radius 2 is 1.89 bits per heavy atom. The summed E-state index contributed by atoms with van der Waals surface area (Å²) in [4.78, 5) is 14.8. The van der Waals surface area contributed by atoms with Crippen molar-refractivity contribution in [3.8, 4) is 5.75 Å². The fourth-order valence-electron chi connectivity index (χ4n) is 2.16. The quantitative estimate of drug-likeness (QED) is 0.316. The minimum Gasteiger partial charge on any atom is -0.484 e. The maximum Gasteiger partial charge on any atom is 0.255 e. The Hall–Kier alpha value is -2.43. The molecule has 4 N–H and O–H groups in total. The molecule has 0 heterocycles. The summed E-state index contributed by atoms with van der Waals surface area (Å²) < 4.78 is 32.1. The first kappa shape index (κ1) is 22.6. The standard InChI is InChI=1S/C18H20F2N4O2.HI/c1-22-18(24-10-13-8-14(19)5-6-16(13)20)23-9-12-3-2-4-15(7-12)26-11-17(21)25;/h2-8H,9-11H2,1H3,(H2,21,25)(H2,22,23,24);1H. The van der Waals surface area contributed by atoms with Crippen LogP contribution in [0.3, 0.4) is 0 Å². The van der Waals surface area contributed by atoms with Crippen LogP contribution in [-0.2, 0) is 17.9 Å². The number of guanidine groups is 1. The number of primary amides is 1. The summed E-state index contributed by atoms with van der Waals surface area (Å²) in [6.45, 7) is 0.309. The Balaban J connectivity index is 0.00000364. The highest BCUT2D eigenvalue weighted by molar-refractivity contribution is 14.0. The number of hydrogen-bond acceptors (Lipinski definition) is 3. The maximum absolute atomic E-state index is 13.6. The van der Waals surface area contributed by atoms with Gasteiger partial charge in [0.25, 0.3) is 5.91 Å². The van der Waals surface area contributed by atoms with E-state index in [1.807, 2.05) is 6.07 Å². The molecular weight excluding hydrogens is 469 g/mol. The second-order valence-corrected chi connectivity index (χ2v) is 5.42. The number of ether oxygens (including phenoxy) is 1. The Labute approximate surface area is 173 Å². The van der Waals surface area contributed by atoms with Crippen molar-refractivity contribution in [3.05, 3.63) is 65.2 Å². The van der Waals surface area contributed by atoms with Gasteiger partial charge in [-0.2, -0.15) is 0 Å². The molecule has 0 bridgehead atoms. The van der Waals surface area contributed by atoms with E-state index in [9.17, 15) is 13.6 Å². The molecule has 0 saturated carbocycles. The van der Waals surface area contributed by atoms with E-state index < -0.39 is 17.5 Å². The third kappa shape index (κ3) is 7.77. The lowest BCUT2D eigenvalue weighted by atomic mass is 10.2. The van der Waals surface area contributed by atoms with Crippen molar-refractivity contribution in [3.63, 3.8) is 0 Å². The lowest BCUT2D eigenvalue weighted by Gasteiger charge is -2.13. The molecule has 0 aliphatic carbocycles. The van der Waals surface area contributed by atoms with E-state index in [-0.39, 0.29) is 42.7 Å². The zero-order valence-corrected chi connectivity index (χ0v) is 17.0. The van der Waals surface area contributed by atoms with Crippen LogP contribution in [0, 0.1) is 11.6 Å². The first-order valence-corrected chi connectivity index (χ1v) is 7.86. The molecule has 1 amide bonds. The number of nitrogens with two attached hydrogens (primary N) is 1. The average molecular weight is 490 g/mol. The molecule has 0 atom stereocenters. The highest BCUT2D eigenvalue weighted by Crippen LogP contribution is 2.13. The topological polar surface area (TPSA) is 88.7 Å². The van der Waals surface area contributed by atoms with Crippen molar-refractivity contribution in [1.82, 2.24) is 10.6 Å². The second kappa shape index (κ2) is 11.3. The number of carbonyl (C=O) groups is 1. The number of nitrogens with one attached hydrogen (secondary N) is 2. The minimum atomic E-state index is -0.553. The predicted octanol–water partition coefficient (Wildman–Crippen LogP) is 2.31. The van der Waals surface area contributed by atoms with Crippen molar-refractivity contribution in [2.45, 2.75) is 13.1 Å².